The van der Waals surface area contributed by atoms with Crippen molar-refractivity contribution < 1.29 is 4.79 Å². The lowest BCUT2D eigenvalue weighted by Crippen LogP contribution is -2.27. The number of carbonyl (C=O) groups excluding carboxylic acids is 1. The van der Waals surface area contributed by atoms with Gasteiger partial charge in [0, 0.05) is 18.1 Å². The van der Waals surface area contributed by atoms with Crippen molar-refractivity contribution in [3.8, 4) is 0 Å². The van der Waals surface area contributed by atoms with Crippen molar-refractivity contribution in [1.29, 1.82) is 0 Å². The van der Waals surface area contributed by atoms with Crippen LogP contribution in [0.3, 0.4) is 0 Å². The molecule has 0 bridgehead atoms. The van der Waals surface area contributed by atoms with Crippen LogP contribution in [0.5, 0.6) is 0 Å². The van der Waals surface area contributed by atoms with Crippen LogP contribution in [-0.4, -0.2) is 17.9 Å². The number of halogens is 1. The summed E-state index contributed by atoms with van der Waals surface area (Å²) in [5.41, 5.74) is 2.23. The maximum atomic E-state index is 12.0. The predicted molar refractivity (Wildman–Crippen MR) is 78.6 cm³/mol. The van der Waals surface area contributed by atoms with Gasteiger partial charge in [-0.1, -0.05) is 28.1 Å². The molecule has 94 valence electrons. The zero-order valence-corrected chi connectivity index (χ0v) is 12.5. The van der Waals surface area contributed by atoms with Crippen molar-refractivity contribution >= 4 is 33.2 Å². The Morgan fingerprint density at radius 3 is 2.56 bits per heavy atom. The molecule has 0 saturated heterocycles. The zero-order valence-electron chi connectivity index (χ0n) is 10.1. The molecule has 1 aromatic carbocycles. The Labute approximate surface area is 119 Å². The molecule has 18 heavy (non-hydrogen) atoms. The highest BCUT2D eigenvalue weighted by Gasteiger charge is 2.10. The van der Waals surface area contributed by atoms with E-state index in [2.05, 4.69) is 15.9 Å². The van der Waals surface area contributed by atoms with Crippen LogP contribution >= 0.6 is 27.3 Å². The molecule has 2 nitrogen and oxygen atoms in total. The minimum Gasteiger partial charge on any atom is -0.341 e. The fraction of sp³-hybridized carbons (Fsp3) is 0.214. The van der Waals surface area contributed by atoms with Crippen LogP contribution in [-0.2, 0) is 17.8 Å². The van der Waals surface area contributed by atoms with Crippen molar-refractivity contribution in [1.82, 2.24) is 4.90 Å². The maximum absolute atomic E-state index is 12.0. The third kappa shape index (κ3) is 3.68. The molecule has 2 rings (SSSR count). The van der Waals surface area contributed by atoms with Crippen LogP contribution in [0, 0.1) is 0 Å². The van der Waals surface area contributed by atoms with Gasteiger partial charge in [-0.3, -0.25) is 4.79 Å². The lowest BCUT2D eigenvalue weighted by atomic mass is 10.2. The fourth-order valence-corrected chi connectivity index (χ4v) is 2.59. The lowest BCUT2D eigenvalue weighted by Gasteiger charge is -2.17. The first-order valence-corrected chi connectivity index (χ1v) is 7.38. The molecule has 4 heteroatoms. The van der Waals surface area contributed by atoms with Gasteiger partial charge in [-0.15, -0.1) is 0 Å². The third-order valence-corrected chi connectivity index (χ3v) is 3.95. The van der Waals surface area contributed by atoms with Gasteiger partial charge in [0.1, 0.15) is 0 Å². The molecule has 0 spiro atoms. The lowest BCUT2D eigenvalue weighted by molar-refractivity contribution is -0.129. The minimum atomic E-state index is 0.149. The number of nitrogens with zero attached hydrogens (tertiary/aromatic N) is 1. The zero-order chi connectivity index (χ0) is 13.0. The summed E-state index contributed by atoms with van der Waals surface area (Å²) < 4.78 is 1.05. The summed E-state index contributed by atoms with van der Waals surface area (Å²) in [6.45, 7) is 0.649. The Hall–Kier alpha value is -1.13. The van der Waals surface area contributed by atoms with Crippen LogP contribution in [0.1, 0.15) is 11.1 Å². The molecule has 1 heterocycles. The Morgan fingerprint density at radius 2 is 1.94 bits per heavy atom. The largest absolute Gasteiger partial charge is 0.341 e. The van der Waals surface area contributed by atoms with Crippen molar-refractivity contribution in [2.75, 3.05) is 7.05 Å². The molecule has 1 amide bonds. The molecule has 0 aliphatic carbocycles. The van der Waals surface area contributed by atoms with Gasteiger partial charge in [0.2, 0.25) is 5.91 Å². The van der Waals surface area contributed by atoms with E-state index in [1.54, 1.807) is 16.2 Å². The second kappa shape index (κ2) is 6.16. The molecule has 0 atom stereocenters. The standard InChI is InChI=1S/C14H14BrNOS/c1-16(9-11-2-4-13(15)5-3-11)14(17)8-12-6-7-18-10-12/h2-7,10H,8-9H2,1H3. The van der Waals surface area contributed by atoms with Gasteiger partial charge in [-0.05, 0) is 40.1 Å². The van der Waals surface area contributed by atoms with Crippen LogP contribution in [0.15, 0.2) is 45.6 Å². The highest BCUT2D eigenvalue weighted by Crippen LogP contribution is 2.13. The Balaban J connectivity index is 1.93. The summed E-state index contributed by atoms with van der Waals surface area (Å²) in [5.74, 6) is 0.149. The van der Waals surface area contributed by atoms with Gasteiger partial charge in [-0.2, -0.15) is 11.3 Å². The monoisotopic (exact) mass is 323 g/mol. The minimum absolute atomic E-state index is 0.149. The number of hydrogen-bond acceptors (Lipinski definition) is 2. The fourth-order valence-electron chi connectivity index (χ4n) is 1.65. The molecule has 0 radical (unpaired) electrons. The summed E-state index contributed by atoms with van der Waals surface area (Å²) in [4.78, 5) is 13.8. The third-order valence-electron chi connectivity index (χ3n) is 2.69. The van der Waals surface area contributed by atoms with Crippen molar-refractivity contribution in [2.45, 2.75) is 13.0 Å². The highest BCUT2D eigenvalue weighted by atomic mass is 79.9. The molecule has 0 aliphatic rings. The van der Waals surface area contributed by atoms with E-state index in [9.17, 15) is 4.79 Å². The summed E-state index contributed by atoms with van der Waals surface area (Å²) >= 11 is 5.02. The number of amides is 1. The topological polar surface area (TPSA) is 20.3 Å². The molecule has 0 saturated carbocycles. The smallest absolute Gasteiger partial charge is 0.227 e. The first kappa shape index (κ1) is 13.3. The van der Waals surface area contributed by atoms with E-state index < -0.39 is 0 Å². The molecule has 0 unspecified atom stereocenters. The van der Waals surface area contributed by atoms with E-state index in [1.165, 1.54) is 0 Å². The number of rotatable bonds is 4. The summed E-state index contributed by atoms with van der Waals surface area (Å²) in [6.07, 6.45) is 0.483. The van der Waals surface area contributed by atoms with Gasteiger partial charge >= 0.3 is 0 Å². The van der Waals surface area contributed by atoms with Gasteiger partial charge in [0.15, 0.2) is 0 Å². The Kier molecular flexibility index (Phi) is 4.55. The maximum Gasteiger partial charge on any atom is 0.227 e. The normalized spacial score (nSPS) is 10.3. The van der Waals surface area contributed by atoms with E-state index in [-0.39, 0.29) is 5.91 Å². The van der Waals surface area contributed by atoms with Gasteiger partial charge in [0.25, 0.3) is 0 Å². The van der Waals surface area contributed by atoms with Crippen LogP contribution in [0.25, 0.3) is 0 Å². The number of likely N-dealkylation sites (N-methyl/N-ethyl adjacent to an activating group) is 1. The van der Waals surface area contributed by atoms with E-state index in [0.717, 1.165) is 15.6 Å². The van der Waals surface area contributed by atoms with Crippen molar-refractivity contribution in [2.24, 2.45) is 0 Å². The van der Waals surface area contributed by atoms with Crippen LogP contribution < -0.4 is 0 Å². The van der Waals surface area contributed by atoms with Crippen molar-refractivity contribution in [3.05, 3.63) is 56.7 Å². The first-order valence-electron chi connectivity index (χ1n) is 5.64. The average Bonchev–Trinajstić information content (AvgIpc) is 2.85. The second-order valence-electron chi connectivity index (χ2n) is 4.18. The van der Waals surface area contributed by atoms with Crippen LogP contribution in [0.2, 0.25) is 0 Å². The molecule has 0 fully saturated rings. The van der Waals surface area contributed by atoms with Gasteiger partial charge < -0.3 is 4.90 Å². The van der Waals surface area contributed by atoms with E-state index >= 15 is 0 Å². The van der Waals surface area contributed by atoms with E-state index in [0.29, 0.717) is 13.0 Å². The van der Waals surface area contributed by atoms with E-state index in [4.69, 9.17) is 0 Å². The molecular weight excluding hydrogens is 310 g/mol. The van der Waals surface area contributed by atoms with Crippen molar-refractivity contribution in [3.63, 3.8) is 0 Å². The predicted octanol–water partition coefficient (Wildman–Crippen LogP) is 3.71. The number of carbonyl (C=O) groups is 1. The Morgan fingerprint density at radius 1 is 1.22 bits per heavy atom. The average molecular weight is 324 g/mol. The number of benzene rings is 1. The van der Waals surface area contributed by atoms with E-state index in [1.807, 2.05) is 48.1 Å². The summed E-state index contributed by atoms with van der Waals surface area (Å²) in [7, 11) is 1.84. The van der Waals surface area contributed by atoms with Crippen LogP contribution in [0.4, 0.5) is 0 Å². The molecule has 0 N–H and O–H groups in total. The highest BCUT2D eigenvalue weighted by molar-refractivity contribution is 9.10. The molecule has 1 aromatic heterocycles. The SMILES string of the molecule is CN(Cc1ccc(Br)cc1)C(=O)Cc1ccsc1. The quantitative estimate of drug-likeness (QED) is 0.839. The number of thiophene rings is 1. The Bertz CT molecular complexity index is 507. The van der Waals surface area contributed by atoms with Gasteiger partial charge in [-0.25, -0.2) is 0 Å². The first-order chi connectivity index (χ1) is 8.65. The molecule has 2 aromatic rings. The summed E-state index contributed by atoms with van der Waals surface area (Å²) in [5, 5.41) is 4.02. The molecular formula is C14H14BrNOS. The number of hydrogen-bond donors (Lipinski definition) is 0. The second-order valence-corrected chi connectivity index (χ2v) is 5.88. The molecule has 0 aliphatic heterocycles. The van der Waals surface area contributed by atoms with Gasteiger partial charge in [0.05, 0.1) is 6.42 Å². The summed E-state index contributed by atoms with van der Waals surface area (Å²) in [6, 6.07) is 10.0.